The Morgan fingerprint density at radius 2 is 2.21 bits per heavy atom. The second-order valence-corrected chi connectivity index (χ2v) is 7.54. The van der Waals surface area contributed by atoms with Crippen molar-refractivity contribution < 1.29 is 0 Å². The van der Waals surface area contributed by atoms with E-state index in [-0.39, 0.29) is 5.56 Å². The largest absolute Gasteiger partial charge is 0.279 e. The zero-order chi connectivity index (χ0) is 16.3. The van der Waals surface area contributed by atoms with Gasteiger partial charge in [0.2, 0.25) is 10.9 Å². The lowest BCUT2D eigenvalue weighted by atomic mass is 10.4. The highest BCUT2D eigenvalue weighted by Crippen LogP contribution is 2.36. The second kappa shape index (κ2) is 5.11. The third kappa shape index (κ3) is 2.01. The molecular formula is C13H12N8OS2. The Balaban J connectivity index is 1.57. The van der Waals surface area contributed by atoms with Gasteiger partial charge in [-0.3, -0.25) is 13.8 Å². The van der Waals surface area contributed by atoms with Crippen molar-refractivity contribution >= 4 is 39.1 Å². The van der Waals surface area contributed by atoms with Crippen LogP contribution in [0, 0.1) is 0 Å². The van der Waals surface area contributed by atoms with Crippen molar-refractivity contribution in [2.45, 2.75) is 29.8 Å². The zero-order valence-electron chi connectivity index (χ0n) is 12.7. The molecular weight excluding hydrogens is 348 g/mol. The molecule has 24 heavy (non-hydrogen) atoms. The summed E-state index contributed by atoms with van der Waals surface area (Å²) in [6, 6.07) is 2.36. The number of thiophene rings is 1. The first-order valence-electron chi connectivity index (χ1n) is 7.45. The van der Waals surface area contributed by atoms with E-state index in [9.17, 15) is 4.79 Å². The maximum absolute atomic E-state index is 12.3. The van der Waals surface area contributed by atoms with Gasteiger partial charge in [0.15, 0.2) is 0 Å². The number of aromatic nitrogens is 8. The second-order valence-electron chi connectivity index (χ2n) is 5.68. The highest BCUT2D eigenvalue weighted by molar-refractivity contribution is 7.98. The Labute approximate surface area is 143 Å². The van der Waals surface area contributed by atoms with E-state index in [1.165, 1.54) is 27.7 Å². The topological polar surface area (TPSA) is 95.8 Å². The standard InChI is InChI=1S/C13H12N8OS2/c1-19-11(22)10-8(4-5-23-10)20-9(14-15-12(19)20)6-24-13-16-17-18-21(13)7-2-3-7/h4-5,7H,2-3,6H2,1H3. The highest BCUT2D eigenvalue weighted by Gasteiger charge is 2.28. The van der Waals surface area contributed by atoms with Crippen molar-refractivity contribution in [1.29, 1.82) is 0 Å². The lowest BCUT2D eigenvalue weighted by molar-refractivity contribution is 0.565. The molecule has 0 bridgehead atoms. The molecule has 0 unspecified atom stereocenters. The number of hydrogen-bond acceptors (Lipinski definition) is 8. The van der Waals surface area contributed by atoms with Gasteiger partial charge in [0.25, 0.3) is 5.56 Å². The lowest BCUT2D eigenvalue weighted by Crippen LogP contribution is -2.19. The molecule has 1 aliphatic carbocycles. The summed E-state index contributed by atoms with van der Waals surface area (Å²) in [7, 11) is 1.72. The first-order valence-corrected chi connectivity index (χ1v) is 9.31. The third-order valence-corrected chi connectivity index (χ3v) is 5.90. The molecule has 0 atom stereocenters. The highest BCUT2D eigenvalue weighted by atomic mass is 32.2. The van der Waals surface area contributed by atoms with Crippen molar-refractivity contribution in [2.24, 2.45) is 7.05 Å². The van der Waals surface area contributed by atoms with Crippen molar-refractivity contribution in [3.8, 4) is 0 Å². The molecule has 1 saturated carbocycles. The Morgan fingerprint density at radius 3 is 3.04 bits per heavy atom. The number of fused-ring (bicyclic) bond motifs is 3. The molecule has 1 fully saturated rings. The van der Waals surface area contributed by atoms with E-state index in [0.29, 0.717) is 22.3 Å². The maximum atomic E-state index is 12.3. The smallest absolute Gasteiger partial charge is 0.272 e. The van der Waals surface area contributed by atoms with Crippen molar-refractivity contribution in [2.75, 3.05) is 0 Å². The van der Waals surface area contributed by atoms with Crippen LogP contribution < -0.4 is 5.56 Å². The molecule has 0 saturated heterocycles. The van der Waals surface area contributed by atoms with Crippen molar-refractivity contribution in [3.05, 3.63) is 27.6 Å². The summed E-state index contributed by atoms with van der Waals surface area (Å²) in [4.78, 5) is 12.3. The minimum absolute atomic E-state index is 0.0446. The summed E-state index contributed by atoms with van der Waals surface area (Å²) in [5.74, 6) is 1.90. The van der Waals surface area contributed by atoms with Crippen LogP contribution in [0.25, 0.3) is 16.0 Å². The first kappa shape index (κ1) is 14.1. The molecule has 1 aliphatic rings. The van der Waals surface area contributed by atoms with E-state index < -0.39 is 0 Å². The molecule has 0 spiro atoms. The lowest BCUT2D eigenvalue weighted by Gasteiger charge is -2.05. The van der Waals surface area contributed by atoms with Gasteiger partial charge in [-0.15, -0.1) is 26.6 Å². The van der Waals surface area contributed by atoms with Crippen LogP contribution in [0.2, 0.25) is 0 Å². The average molecular weight is 360 g/mol. The molecule has 0 N–H and O–H groups in total. The number of nitrogens with zero attached hydrogens (tertiary/aromatic N) is 8. The van der Waals surface area contributed by atoms with Crippen LogP contribution in [-0.2, 0) is 12.8 Å². The molecule has 11 heteroatoms. The maximum Gasteiger partial charge on any atom is 0.272 e. The van der Waals surface area contributed by atoms with E-state index in [1.54, 1.807) is 7.05 Å². The molecule has 4 heterocycles. The van der Waals surface area contributed by atoms with E-state index in [0.717, 1.165) is 29.3 Å². The van der Waals surface area contributed by atoms with Crippen LogP contribution in [-0.4, -0.2) is 39.4 Å². The number of hydrogen-bond donors (Lipinski definition) is 0. The Morgan fingerprint density at radius 1 is 1.33 bits per heavy atom. The van der Waals surface area contributed by atoms with Gasteiger partial charge in [0.1, 0.15) is 10.5 Å². The van der Waals surface area contributed by atoms with Crippen molar-refractivity contribution in [3.63, 3.8) is 0 Å². The molecule has 0 amide bonds. The summed E-state index contributed by atoms with van der Waals surface area (Å²) >= 11 is 2.97. The summed E-state index contributed by atoms with van der Waals surface area (Å²) in [6.45, 7) is 0. The molecule has 0 aromatic carbocycles. The Kier molecular flexibility index (Phi) is 3.00. The van der Waals surface area contributed by atoms with Crippen LogP contribution in [0.1, 0.15) is 24.7 Å². The Hall–Kier alpha value is -2.27. The fourth-order valence-corrected chi connectivity index (χ4v) is 4.41. The quantitative estimate of drug-likeness (QED) is 0.505. The normalized spacial score (nSPS) is 14.9. The number of tetrazole rings is 1. The van der Waals surface area contributed by atoms with Gasteiger partial charge in [-0.1, -0.05) is 11.8 Å². The Bertz CT molecular complexity index is 1120. The molecule has 4 aromatic rings. The fraction of sp³-hybridized carbons (Fsp3) is 0.385. The van der Waals surface area contributed by atoms with E-state index >= 15 is 0 Å². The summed E-state index contributed by atoms with van der Waals surface area (Å²) < 4.78 is 6.06. The van der Waals surface area contributed by atoms with Crippen LogP contribution in [0.5, 0.6) is 0 Å². The SMILES string of the molecule is Cn1c(=O)c2sccc2n2c(CSc3nnnn3C3CC3)nnc12. The molecule has 0 radical (unpaired) electrons. The van der Waals surface area contributed by atoms with Crippen LogP contribution in [0.4, 0.5) is 0 Å². The summed E-state index contributed by atoms with van der Waals surface area (Å²) in [5.41, 5.74) is 0.803. The zero-order valence-corrected chi connectivity index (χ0v) is 14.3. The summed E-state index contributed by atoms with van der Waals surface area (Å²) in [5, 5.41) is 23.1. The van der Waals surface area contributed by atoms with Crippen LogP contribution >= 0.6 is 23.1 Å². The van der Waals surface area contributed by atoms with Gasteiger partial charge in [0, 0.05) is 7.05 Å². The number of aryl methyl sites for hydroxylation is 1. The minimum Gasteiger partial charge on any atom is -0.279 e. The molecule has 0 aliphatic heterocycles. The number of rotatable bonds is 4. The predicted molar refractivity (Wildman–Crippen MR) is 89.3 cm³/mol. The van der Waals surface area contributed by atoms with Gasteiger partial charge in [-0.2, -0.15) is 0 Å². The van der Waals surface area contributed by atoms with Crippen LogP contribution in [0.3, 0.4) is 0 Å². The van der Waals surface area contributed by atoms with E-state index in [1.807, 2.05) is 20.5 Å². The van der Waals surface area contributed by atoms with Crippen molar-refractivity contribution in [1.82, 2.24) is 39.4 Å². The third-order valence-electron chi connectivity index (χ3n) is 4.08. The first-order chi connectivity index (χ1) is 11.7. The fourth-order valence-electron chi connectivity index (χ4n) is 2.70. The molecule has 4 aromatic heterocycles. The van der Waals surface area contributed by atoms with Gasteiger partial charge < -0.3 is 0 Å². The molecule has 9 nitrogen and oxygen atoms in total. The van der Waals surface area contributed by atoms with Gasteiger partial charge in [-0.05, 0) is 34.7 Å². The monoisotopic (exact) mass is 360 g/mol. The van der Waals surface area contributed by atoms with Gasteiger partial charge in [0.05, 0.1) is 17.3 Å². The van der Waals surface area contributed by atoms with E-state index in [4.69, 9.17) is 0 Å². The summed E-state index contributed by atoms with van der Waals surface area (Å²) in [6.07, 6.45) is 2.26. The average Bonchev–Trinajstić information content (AvgIpc) is 3.02. The minimum atomic E-state index is -0.0446. The number of thioether (sulfide) groups is 1. The van der Waals surface area contributed by atoms with E-state index in [2.05, 4.69) is 25.7 Å². The van der Waals surface area contributed by atoms with Gasteiger partial charge >= 0.3 is 0 Å². The van der Waals surface area contributed by atoms with Crippen LogP contribution in [0.15, 0.2) is 21.4 Å². The molecule has 122 valence electrons. The van der Waals surface area contributed by atoms with Gasteiger partial charge in [-0.25, -0.2) is 4.68 Å². The molecule has 5 rings (SSSR count). The predicted octanol–water partition coefficient (Wildman–Crippen LogP) is 1.26.